The van der Waals surface area contributed by atoms with Crippen molar-refractivity contribution in [3.8, 4) is 5.75 Å². The van der Waals surface area contributed by atoms with E-state index in [4.69, 9.17) is 10.8 Å². The van der Waals surface area contributed by atoms with Gasteiger partial charge in [0.05, 0.1) is 38.9 Å². The fourth-order valence-electron chi connectivity index (χ4n) is 12.6. The number of carbonyl (C=O) groups is 17. The molecule has 0 aromatic heterocycles. The lowest BCUT2D eigenvalue weighted by Crippen LogP contribution is -2.59. The summed E-state index contributed by atoms with van der Waals surface area (Å²) >= 11 is 0. The number of aromatic hydroxyl groups is 1. The molecule has 4 saturated heterocycles. The van der Waals surface area contributed by atoms with Crippen LogP contribution in [0.25, 0.3) is 0 Å². The molecule has 0 bridgehead atoms. The fourth-order valence-corrected chi connectivity index (χ4v) is 12.6. The van der Waals surface area contributed by atoms with E-state index in [1.54, 1.807) is 27.7 Å². The smallest absolute Gasteiger partial charge is 0.326 e. The molecule has 0 saturated carbocycles. The van der Waals surface area contributed by atoms with E-state index in [2.05, 4.69) is 53.2 Å². The van der Waals surface area contributed by atoms with Gasteiger partial charge in [-0.15, -0.1) is 0 Å². The minimum absolute atomic E-state index is 0.00506. The number of nitrogens with one attached hydrogen (secondary N) is 10. The summed E-state index contributed by atoms with van der Waals surface area (Å²) in [7, 11) is 0. The largest absolute Gasteiger partial charge is 0.508 e. The highest BCUT2D eigenvalue weighted by molar-refractivity contribution is 6.00. The van der Waals surface area contributed by atoms with Crippen molar-refractivity contribution in [2.75, 3.05) is 59.0 Å². The molecule has 0 unspecified atom stereocenters. The number of aliphatic hydroxyl groups is 2. The van der Waals surface area contributed by atoms with E-state index in [-0.39, 0.29) is 88.7 Å². The Morgan fingerprint density at radius 1 is 0.452 bits per heavy atom. The van der Waals surface area contributed by atoms with Crippen LogP contribution in [-0.2, 0) is 87.9 Å². The van der Waals surface area contributed by atoms with Gasteiger partial charge in [-0.2, -0.15) is 0 Å². The molecule has 0 spiro atoms. The van der Waals surface area contributed by atoms with Gasteiger partial charge in [-0.25, -0.2) is 4.79 Å². The molecule has 18 N–H and O–H groups in total. The SMILES string of the molecule is CC(C)C[C@H](NC(=O)[C@H](CC(C)C)NC(=O)[C@H](Cc1ccc(O)cc1)NC(=O)[C@@H](N)CCC(=O)O)C(=O)N[C@@H](CCC(=O)O)C(=O)NCC(=O)NCC(=O)N1CCC[C@H]1C(=O)N[C@@H](CO)C(=O)N[C@@H](CO)C(=O)NCC(=O)N[C@@H](C)C(=O)N1CCC[C@H]1C(=O)N1CCC[C@H]1C(=O)N1CCC[C@H]1C(=O)O. The maximum Gasteiger partial charge on any atom is 0.326 e. The van der Waals surface area contributed by atoms with Gasteiger partial charge in [0.1, 0.15) is 72.2 Å². The lowest BCUT2D eigenvalue weighted by Gasteiger charge is -2.34. The lowest BCUT2D eigenvalue weighted by molar-refractivity contribution is -0.153. The van der Waals surface area contributed by atoms with Crippen LogP contribution < -0.4 is 58.9 Å². The first kappa shape index (κ1) is 84.5. The van der Waals surface area contributed by atoms with E-state index in [0.717, 1.165) is 4.90 Å². The number of carboxylic acid groups (broad SMARTS) is 3. The van der Waals surface area contributed by atoms with Gasteiger partial charge < -0.3 is 109 Å². The van der Waals surface area contributed by atoms with Gasteiger partial charge in [0.25, 0.3) is 0 Å². The second-order valence-electron chi connectivity index (χ2n) is 27.0. The molecule has 4 heterocycles. The number of phenolic OH excluding ortho intramolecular Hbond substituents is 1. The number of hydrogen-bond acceptors (Lipinski definition) is 21. The average Bonchev–Trinajstić information content (AvgIpc) is 1.62. The number of rotatable bonds is 39. The van der Waals surface area contributed by atoms with Crippen LogP contribution in [0.3, 0.4) is 0 Å². The third kappa shape index (κ3) is 25.4. The number of aliphatic hydroxyl groups excluding tert-OH is 2. The average molecular weight is 1470 g/mol. The molecule has 0 aliphatic carbocycles. The number of amides is 14. The zero-order chi connectivity index (χ0) is 77.2. The van der Waals surface area contributed by atoms with Gasteiger partial charge >= 0.3 is 17.9 Å². The van der Waals surface area contributed by atoms with Crippen molar-refractivity contribution in [1.29, 1.82) is 0 Å². The predicted octanol–water partition coefficient (Wildman–Crippen LogP) is -6.12. The van der Waals surface area contributed by atoms with E-state index >= 15 is 0 Å². The van der Waals surface area contributed by atoms with E-state index in [9.17, 15) is 107 Å². The molecule has 5 rings (SSSR count). The zero-order valence-corrected chi connectivity index (χ0v) is 58.9. The molecular formula is C66H99N15O23. The van der Waals surface area contributed by atoms with Crippen molar-refractivity contribution in [1.82, 2.24) is 72.8 Å². The Labute approximate surface area is 599 Å². The predicted molar refractivity (Wildman–Crippen MR) is 361 cm³/mol. The first-order valence-corrected chi connectivity index (χ1v) is 34.7. The van der Waals surface area contributed by atoms with Crippen molar-refractivity contribution in [2.45, 2.75) is 203 Å². The summed E-state index contributed by atoms with van der Waals surface area (Å²) < 4.78 is 0. The molecule has 4 aliphatic heterocycles. The van der Waals surface area contributed by atoms with Gasteiger partial charge in [-0.05, 0) is 114 Å². The monoisotopic (exact) mass is 1470 g/mol. The van der Waals surface area contributed by atoms with E-state index < -0.39 is 225 Å². The van der Waals surface area contributed by atoms with Gasteiger partial charge in [0.2, 0.25) is 82.7 Å². The summed E-state index contributed by atoms with van der Waals surface area (Å²) in [6.07, 6.45) is 0.499. The van der Waals surface area contributed by atoms with Gasteiger partial charge in [0, 0.05) is 45.4 Å². The van der Waals surface area contributed by atoms with E-state index in [0.29, 0.717) is 37.7 Å². The fraction of sp³-hybridized carbons (Fsp3) is 0.652. The summed E-state index contributed by atoms with van der Waals surface area (Å²) in [4.78, 5) is 230. The Morgan fingerprint density at radius 2 is 0.875 bits per heavy atom. The number of phenols is 1. The van der Waals surface area contributed by atoms with E-state index in [1.807, 2.05) is 0 Å². The molecule has 1 aromatic rings. The number of likely N-dealkylation sites (tertiary alicyclic amines) is 4. The van der Waals surface area contributed by atoms with Crippen molar-refractivity contribution in [3.63, 3.8) is 0 Å². The van der Waals surface area contributed by atoms with Crippen LogP contribution in [0, 0.1) is 11.8 Å². The number of carboxylic acids is 3. The number of benzene rings is 1. The number of nitrogens with two attached hydrogens (primary N) is 1. The topological polar surface area (TPSA) is 571 Å². The Kier molecular flexibility index (Phi) is 33.1. The number of nitrogens with zero attached hydrogens (tertiary/aromatic N) is 4. The Balaban J connectivity index is 1.10. The normalized spacial score (nSPS) is 19.4. The maximum atomic E-state index is 14.1. The molecular weight excluding hydrogens is 1370 g/mol. The summed E-state index contributed by atoms with van der Waals surface area (Å²) in [5.41, 5.74) is 6.40. The Bertz CT molecular complexity index is 3300. The van der Waals surface area contributed by atoms with Crippen LogP contribution in [0.1, 0.15) is 130 Å². The lowest BCUT2D eigenvalue weighted by atomic mass is 9.98. The third-order valence-electron chi connectivity index (χ3n) is 18.0. The van der Waals surface area contributed by atoms with Crippen LogP contribution in [0.15, 0.2) is 24.3 Å². The van der Waals surface area contributed by atoms with Crippen molar-refractivity contribution < 1.29 is 112 Å². The Hall–Kier alpha value is -10.1. The Morgan fingerprint density at radius 3 is 1.40 bits per heavy atom. The summed E-state index contributed by atoms with van der Waals surface area (Å²) in [5.74, 6) is -16.4. The third-order valence-corrected chi connectivity index (χ3v) is 18.0. The van der Waals surface area contributed by atoms with Gasteiger partial charge in [0.15, 0.2) is 0 Å². The van der Waals surface area contributed by atoms with Crippen LogP contribution >= 0.6 is 0 Å². The summed E-state index contributed by atoms with van der Waals surface area (Å²) in [5, 5.41) is 82.2. The van der Waals surface area contributed by atoms with Crippen LogP contribution in [0.4, 0.5) is 0 Å². The molecule has 4 aliphatic rings. The zero-order valence-electron chi connectivity index (χ0n) is 58.9. The summed E-state index contributed by atoms with van der Waals surface area (Å²) in [6, 6.07) is -10.3. The van der Waals surface area contributed by atoms with Crippen molar-refractivity contribution in [3.05, 3.63) is 29.8 Å². The molecule has 576 valence electrons. The minimum Gasteiger partial charge on any atom is -0.508 e. The second kappa shape index (κ2) is 40.7. The number of hydrogen-bond donors (Lipinski definition) is 17. The number of carbonyl (C=O) groups excluding carboxylic acids is 14. The number of aliphatic carboxylic acids is 3. The van der Waals surface area contributed by atoms with Crippen molar-refractivity contribution >= 4 is 101 Å². The minimum atomic E-state index is -1.77. The first-order valence-electron chi connectivity index (χ1n) is 34.7. The second-order valence-corrected chi connectivity index (χ2v) is 27.0. The van der Waals surface area contributed by atoms with Crippen LogP contribution in [0.5, 0.6) is 5.75 Å². The maximum absolute atomic E-state index is 14.1. The van der Waals surface area contributed by atoms with Crippen LogP contribution in [0.2, 0.25) is 0 Å². The highest BCUT2D eigenvalue weighted by Crippen LogP contribution is 2.29. The van der Waals surface area contributed by atoms with E-state index in [1.165, 1.54) is 45.9 Å². The molecule has 4 fully saturated rings. The highest BCUT2D eigenvalue weighted by Gasteiger charge is 2.47. The quantitative estimate of drug-likeness (QED) is 0.0292. The van der Waals surface area contributed by atoms with Crippen molar-refractivity contribution in [2.24, 2.45) is 17.6 Å². The standard InChI is InChI=1S/C66H99N15O23/c1-34(2)26-41(74-59(96)42(27-35(3)4)75-60(97)43(28-37-14-16-38(84)17-15-37)73-55(92)39(67)18-20-53(88)89)58(95)72-40(19-21-54(90)91)56(93)69-29-50(85)68-31-52(87)78-22-6-10-46(78)62(99)77-45(33-83)61(98)76-44(32-82)57(94)70-30-51(86)71-36(5)63(100)79-23-7-11-47(79)64(101)80-24-8-12-48(80)65(102)81-25-9-13-49(81)66(103)104/h14-17,34-36,39-49,82-84H,6-13,18-33,67H2,1-5H3,(H,68,85)(H,69,93)(H,70,94)(H,71,86)(H,72,95)(H,73,92)(H,74,96)(H,75,97)(H,76,98)(H,77,99)(H,88,89)(H,90,91)(H,103,104)/t36-,39-,40-,41-,42-,43-,44-,45-,46-,47-,48-,49-/m0/s1. The molecule has 1 aromatic carbocycles. The molecule has 14 amide bonds. The van der Waals surface area contributed by atoms with Crippen LogP contribution in [-0.4, -0.2) is 282 Å². The molecule has 38 heteroatoms. The molecule has 104 heavy (non-hydrogen) atoms. The molecule has 0 radical (unpaired) electrons. The van der Waals surface area contributed by atoms with Gasteiger partial charge in [-0.1, -0.05) is 39.8 Å². The summed E-state index contributed by atoms with van der Waals surface area (Å²) in [6.45, 7) is 4.43. The highest BCUT2D eigenvalue weighted by atomic mass is 16.4. The molecule has 12 atom stereocenters. The molecule has 38 nitrogen and oxygen atoms in total. The first-order chi connectivity index (χ1) is 49.1. The van der Waals surface area contributed by atoms with Gasteiger partial charge in [-0.3, -0.25) is 76.7 Å².